The Morgan fingerprint density at radius 2 is 1.56 bits per heavy atom. The molecular formula is C21H28N2O3S. The lowest BCUT2D eigenvalue weighted by Gasteiger charge is -2.25. The Balaban J connectivity index is 2.05. The van der Waals surface area contributed by atoms with Crippen LogP contribution in [0.15, 0.2) is 36.4 Å². The van der Waals surface area contributed by atoms with Gasteiger partial charge in [0.15, 0.2) is 0 Å². The van der Waals surface area contributed by atoms with Crippen LogP contribution in [0.1, 0.15) is 35.1 Å². The van der Waals surface area contributed by atoms with Crippen LogP contribution in [0.3, 0.4) is 0 Å². The van der Waals surface area contributed by atoms with Gasteiger partial charge in [0.2, 0.25) is 15.9 Å². The minimum atomic E-state index is -3.42. The fraction of sp³-hybridized carbons (Fsp3) is 0.381. The summed E-state index contributed by atoms with van der Waals surface area (Å²) in [6.45, 7) is 8.10. The van der Waals surface area contributed by atoms with E-state index >= 15 is 0 Å². The highest BCUT2D eigenvalue weighted by molar-refractivity contribution is 7.92. The second-order valence-electron chi connectivity index (χ2n) is 6.95. The number of hydrogen-bond donors (Lipinski definition) is 1. The topological polar surface area (TPSA) is 66.5 Å². The number of amides is 1. The van der Waals surface area contributed by atoms with Crippen LogP contribution < -0.4 is 9.62 Å². The van der Waals surface area contributed by atoms with E-state index in [1.807, 2.05) is 58.0 Å². The Kier molecular flexibility index (Phi) is 6.65. The molecule has 146 valence electrons. The Hall–Kier alpha value is -2.34. The summed E-state index contributed by atoms with van der Waals surface area (Å²) in [4.78, 5) is 12.3. The van der Waals surface area contributed by atoms with Crippen LogP contribution in [0, 0.1) is 27.7 Å². The summed E-state index contributed by atoms with van der Waals surface area (Å²) in [5, 5.41) is 2.92. The number of nitrogens with one attached hydrogen (secondary N) is 1. The van der Waals surface area contributed by atoms with Gasteiger partial charge in [0, 0.05) is 18.7 Å². The van der Waals surface area contributed by atoms with Crippen molar-refractivity contribution < 1.29 is 13.2 Å². The third-order valence-electron chi connectivity index (χ3n) is 4.89. The van der Waals surface area contributed by atoms with E-state index in [-0.39, 0.29) is 18.9 Å². The van der Waals surface area contributed by atoms with Gasteiger partial charge >= 0.3 is 0 Å². The average Bonchev–Trinajstić information content (AvgIpc) is 2.58. The van der Waals surface area contributed by atoms with Gasteiger partial charge in [0.25, 0.3) is 0 Å². The second kappa shape index (κ2) is 8.57. The molecule has 27 heavy (non-hydrogen) atoms. The molecule has 2 rings (SSSR count). The van der Waals surface area contributed by atoms with Crippen molar-refractivity contribution in [3.63, 3.8) is 0 Å². The first kappa shape index (κ1) is 21.0. The maximum Gasteiger partial charge on any atom is 0.232 e. The molecule has 0 bridgehead atoms. The Labute approximate surface area is 162 Å². The quantitative estimate of drug-likeness (QED) is 0.776. The molecule has 0 heterocycles. The van der Waals surface area contributed by atoms with Gasteiger partial charge in [-0.05, 0) is 68.5 Å². The number of nitrogens with zero attached hydrogens (tertiary/aromatic N) is 1. The first-order chi connectivity index (χ1) is 12.6. The first-order valence-electron chi connectivity index (χ1n) is 9.01. The van der Waals surface area contributed by atoms with Crippen molar-refractivity contribution in [2.24, 2.45) is 0 Å². The highest BCUT2D eigenvalue weighted by Gasteiger charge is 2.20. The van der Waals surface area contributed by atoms with Crippen LogP contribution in [0.4, 0.5) is 11.4 Å². The van der Waals surface area contributed by atoms with E-state index in [2.05, 4.69) is 5.32 Å². The molecule has 0 radical (unpaired) electrons. The lowest BCUT2D eigenvalue weighted by atomic mass is 10.1. The van der Waals surface area contributed by atoms with E-state index in [9.17, 15) is 13.2 Å². The van der Waals surface area contributed by atoms with Gasteiger partial charge in [-0.15, -0.1) is 0 Å². The smallest absolute Gasteiger partial charge is 0.232 e. The van der Waals surface area contributed by atoms with E-state index in [4.69, 9.17) is 0 Å². The van der Waals surface area contributed by atoms with Gasteiger partial charge in [-0.2, -0.15) is 0 Å². The van der Waals surface area contributed by atoms with E-state index in [0.29, 0.717) is 12.1 Å². The molecule has 0 saturated heterocycles. The highest BCUT2D eigenvalue weighted by atomic mass is 32.2. The molecule has 0 aliphatic heterocycles. The van der Waals surface area contributed by atoms with Gasteiger partial charge in [0.1, 0.15) is 0 Å². The molecule has 0 fully saturated rings. The lowest BCUT2D eigenvalue weighted by molar-refractivity contribution is -0.116. The highest BCUT2D eigenvalue weighted by Crippen LogP contribution is 2.25. The summed E-state index contributed by atoms with van der Waals surface area (Å²) in [7, 11) is -3.42. The second-order valence-corrected chi connectivity index (χ2v) is 8.86. The van der Waals surface area contributed by atoms with Crippen LogP contribution in [-0.4, -0.2) is 27.1 Å². The molecule has 2 aromatic rings. The van der Waals surface area contributed by atoms with Crippen LogP contribution in [0.25, 0.3) is 0 Å². The number of hydrogen-bond acceptors (Lipinski definition) is 3. The monoisotopic (exact) mass is 388 g/mol. The molecule has 0 aliphatic carbocycles. The number of carbonyl (C=O) groups excluding carboxylic acids is 1. The number of sulfonamides is 1. The number of aryl methyl sites for hydroxylation is 2. The Morgan fingerprint density at radius 1 is 0.963 bits per heavy atom. The average molecular weight is 389 g/mol. The fourth-order valence-electron chi connectivity index (χ4n) is 2.95. The summed E-state index contributed by atoms with van der Waals surface area (Å²) in [6.07, 6.45) is 1.90. The zero-order valence-corrected chi connectivity index (χ0v) is 17.5. The molecule has 1 N–H and O–H groups in total. The standard InChI is InChI=1S/C21H28N2O3S/c1-15-9-6-11-19(17(15)3)22-21(24)13-8-14-23(27(5,25)26)20-12-7-10-16(2)18(20)4/h6-7,9-12H,8,13-14H2,1-5H3,(H,22,24). The predicted octanol–water partition coefficient (Wildman–Crippen LogP) is 4.11. The Bertz CT molecular complexity index is 936. The third-order valence-corrected chi connectivity index (χ3v) is 6.07. The minimum absolute atomic E-state index is 0.113. The van der Waals surface area contributed by atoms with Gasteiger partial charge in [0.05, 0.1) is 11.9 Å². The summed E-state index contributed by atoms with van der Waals surface area (Å²) < 4.78 is 25.9. The molecule has 1 amide bonds. The van der Waals surface area contributed by atoms with Crippen molar-refractivity contribution in [2.45, 2.75) is 40.5 Å². The molecule has 5 nitrogen and oxygen atoms in total. The molecule has 0 unspecified atom stereocenters. The number of benzene rings is 2. The third kappa shape index (κ3) is 5.32. The lowest BCUT2D eigenvalue weighted by Crippen LogP contribution is -2.32. The zero-order chi connectivity index (χ0) is 20.2. The fourth-order valence-corrected chi connectivity index (χ4v) is 3.97. The summed E-state index contributed by atoms with van der Waals surface area (Å²) in [6, 6.07) is 11.4. The summed E-state index contributed by atoms with van der Waals surface area (Å²) in [5.74, 6) is -0.113. The van der Waals surface area contributed by atoms with E-state index in [1.165, 1.54) is 10.6 Å². The van der Waals surface area contributed by atoms with E-state index < -0.39 is 10.0 Å². The van der Waals surface area contributed by atoms with Gasteiger partial charge in [-0.25, -0.2) is 8.42 Å². The van der Waals surface area contributed by atoms with Crippen LogP contribution in [0.2, 0.25) is 0 Å². The van der Waals surface area contributed by atoms with Crippen molar-refractivity contribution in [2.75, 3.05) is 22.4 Å². The number of carbonyl (C=O) groups is 1. The van der Waals surface area contributed by atoms with Gasteiger partial charge in [-0.1, -0.05) is 24.3 Å². The van der Waals surface area contributed by atoms with Crippen molar-refractivity contribution >= 4 is 27.3 Å². The maximum atomic E-state index is 12.3. The molecule has 0 atom stereocenters. The predicted molar refractivity (Wildman–Crippen MR) is 112 cm³/mol. The van der Waals surface area contributed by atoms with Crippen molar-refractivity contribution in [1.29, 1.82) is 0 Å². The Morgan fingerprint density at radius 3 is 2.19 bits per heavy atom. The zero-order valence-electron chi connectivity index (χ0n) is 16.7. The normalized spacial score (nSPS) is 11.3. The first-order valence-corrected chi connectivity index (χ1v) is 10.9. The van der Waals surface area contributed by atoms with Crippen LogP contribution >= 0.6 is 0 Å². The molecule has 0 aromatic heterocycles. The van der Waals surface area contributed by atoms with Crippen LogP contribution in [0.5, 0.6) is 0 Å². The SMILES string of the molecule is Cc1cccc(NC(=O)CCCN(c2cccc(C)c2C)S(C)(=O)=O)c1C. The summed E-state index contributed by atoms with van der Waals surface area (Å²) in [5.41, 5.74) is 5.60. The van der Waals surface area contributed by atoms with E-state index in [0.717, 1.165) is 27.9 Å². The molecule has 6 heteroatoms. The number of rotatable bonds is 7. The minimum Gasteiger partial charge on any atom is -0.326 e. The number of anilines is 2. The van der Waals surface area contributed by atoms with Crippen molar-refractivity contribution in [1.82, 2.24) is 0 Å². The van der Waals surface area contributed by atoms with Crippen LogP contribution in [-0.2, 0) is 14.8 Å². The van der Waals surface area contributed by atoms with Crippen molar-refractivity contribution in [3.8, 4) is 0 Å². The van der Waals surface area contributed by atoms with Gasteiger partial charge < -0.3 is 5.32 Å². The molecule has 0 saturated carbocycles. The molecular weight excluding hydrogens is 360 g/mol. The molecule has 0 spiro atoms. The maximum absolute atomic E-state index is 12.3. The molecule has 2 aromatic carbocycles. The largest absolute Gasteiger partial charge is 0.326 e. The van der Waals surface area contributed by atoms with E-state index in [1.54, 1.807) is 6.07 Å². The van der Waals surface area contributed by atoms with Crippen molar-refractivity contribution in [3.05, 3.63) is 58.7 Å². The summed E-state index contributed by atoms with van der Waals surface area (Å²) >= 11 is 0. The molecule has 0 aliphatic rings. The van der Waals surface area contributed by atoms with Gasteiger partial charge in [-0.3, -0.25) is 9.10 Å².